The molecule has 1 aliphatic heterocycles. The third kappa shape index (κ3) is 4.92. The normalized spacial score (nSPS) is 14.2. The Hall–Kier alpha value is -3.78. The van der Waals surface area contributed by atoms with Crippen molar-refractivity contribution in [3.63, 3.8) is 0 Å². The van der Waals surface area contributed by atoms with E-state index >= 15 is 0 Å². The molecule has 1 aromatic heterocycles. The number of nitrogens with two attached hydrogens (primary N) is 2. The van der Waals surface area contributed by atoms with Crippen LogP contribution in [-0.2, 0) is 6.54 Å². The number of nitrogens with one attached hydrogen (secondary N) is 1. The molecule has 0 bridgehead atoms. The van der Waals surface area contributed by atoms with Crippen molar-refractivity contribution in [3.8, 4) is 11.3 Å². The van der Waals surface area contributed by atoms with Crippen molar-refractivity contribution in [2.24, 2.45) is 5.73 Å². The minimum Gasteiger partial charge on any atom is -0.382 e. The second kappa shape index (κ2) is 9.57. The summed E-state index contributed by atoms with van der Waals surface area (Å²) in [6.07, 6.45) is 3.01. The number of nitrogens with zero attached hydrogens (tertiary/aromatic N) is 3. The van der Waals surface area contributed by atoms with Gasteiger partial charge in [-0.1, -0.05) is 42.5 Å². The lowest BCUT2D eigenvalue weighted by atomic mass is 10.1. The van der Waals surface area contributed by atoms with Gasteiger partial charge in [-0.15, -0.1) is 0 Å². The molecule has 0 spiro atoms. The van der Waals surface area contributed by atoms with E-state index in [1.165, 1.54) is 6.20 Å². The van der Waals surface area contributed by atoms with Crippen molar-refractivity contribution >= 4 is 17.6 Å². The molecule has 0 aliphatic carbocycles. The van der Waals surface area contributed by atoms with Crippen LogP contribution in [0.5, 0.6) is 0 Å². The van der Waals surface area contributed by atoms with Crippen LogP contribution in [0, 0.1) is 0 Å². The Bertz CT molecular complexity index is 1110. The van der Waals surface area contributed by atoms with E-state index in [1.807, 2.05) is 36.4 Å². The molecule has 1 aliphatic rings. The van der Waals surface area contributed by atoms with Crippen molar-refractivity contribution < 1.29 is 9.59 Å². The van der Waals surface area contributed by atoms with Crippen LogP contribution >= 0.6 is 0 Å². The highest BCUT2D eigenvalue weighted by Crippen LogP contribution is 2.22. The summed E-state index contributed by atoms with van der Waals surface area (Å²) in [5.41, 5.74) is 14.7. The molecule has 1 saturated heterocycles. The molecule has 0 unspecified atom stereocenters. The number of rotatable bonds is 5. The maximum Gasteiger partial charge on any atom is 0.276 e. The number of nitrogen functional groups attached to an aromatic ring is 1. The average molecular weight is 431 g/mol. The first-order chi connectivity index (χ1) is 15.5. The average Bonchev–Trinajstić information content (AvgIpc) is 2.83. The number of likely N-dealkylation sites (tertiary alicyclic amines) is 1. The van der Waals surface area contributed by atoms with E-state index < -0.39 is 0 Å². The first-order valence-electron chi connectivity index (χ1n) is 10.6. The Kier molecular flexibility index (Phi) is 6.42. The molecule has 2 heterocycles. The number of hydrogen-bond acceptors (Lipinski definition) is 6. The summed E-state index contributed by atoms with van der Waals surface area (Å²) in [4.78, 5) is 35.9. The molecule has 32 heavy (non-hydrogen) atoms. The zero-order valence-corrected chi connectivity index (χ0v) is 17.7. The van der Waals surface area contributed by atoms with Gasteiger partial charge in [0.15, 0.2) is 11.5 Å². The van der Waals surface area contributed by atoms with Crippen molar-refractivity contribution in [2.75, 3.05) is 18.8 Å². The third-order valence-corrected chi connectivity index (χ3v) is 5.55. The highest BCUT2D eigenvalue weighted by atomic mass is 16.2. The van der Waals surface area contributed by atoms with Crippen molar-refractivity contribution in [2.45, 2.75) is 25.4 Å². The minimum atomic E-state index is -0.250. The number of carbonyl (C=O) groups is 2. The van der Waals surface area contributed by atoms with Crippen molar-refractivity contribution in [3.05, 3.63) is 77.6 Å². The van der Waals surface area contributed by atoms with Gasteiger partial charge in [0.05, 0.1) is 11.9 Å². The molecule has 2 amide bonds. The van der Waals surface area contributed by atoms with Crippen molar-refractivity contribution in [1.82, 2.24) is 20.2 Å². The van der Waals surface area contributed by atoms with E-state index in [0.29, 0.717) is 36.5 Å². The first-order valence-corrected chi connectivity index (χ1v) is 10.6. The number of benzene rings is 2. The molecule has 164 valence electrons. The maximum atomic E-state index is 12.9. The SMILES string of the molecule is Nc1ncc(-c2cccc(C(=O)NCc3ccccc3)c2)nc1C(=O)N1CCC(N)CC1. The molecule has 8 heteroatoms. The van der Waals surface area contributed by atoms with Crippen LogP contribution < -0.4 is 16.8 Å². The molecular formula is C24H26N6O2. The Morgan fingerprint density at radius 1 is 1.06 bits per heavy atom. The standard InChI is InChI=1S/C24H26N6O2/c25-19-9-11-30(12-10-19)24(32)21-22(26)27-15-20(29-21)17-7-4-8-18(13-17)23(31)28-14-16-5-2-1-3-6-16/h1-8,13,15,19H,9-12,14,25H2,(H2,26,27)(H,28,31). The number of anilines is 1. The van der Waals surface area contributed by atoms with Crippen LogP contribution in [0.1, 0.15) is 39.3 Å². The largest absolute Gasteiger partial charge is 0.382 e. The second-order valence-electron chi connectivity index (χ2n) is 7.87. The number of piperidine rings is 1. The van der Waals surface area contributed by atoms with Gasteiger partial charge in [-0.3, -0.25) is 9.59 Å². The van der Waals surface area contributed by atoms with Gasteiger partial charge >= 0.3 is 0 Å². The van der Waals surface area contributed by atoms with E-state index in [4.69, 9.17) is 11.5 Å². The number of hydrogen-bond donors (Lipinski definition) is 3. The molecular weight excluding hydrogens is 404 g/mol. The molecule has 0 saturated carbocycles. The van der Waals surface area contributed by atoms with Crippen LogP contribution in [0.4, 0.5) is 5.82 Å². The van der Waals surface area contributed by atoms with E-state index in [2.05, 4.69) is 15.3 Å². The summed E-state index contributed by atoms with van der Waals surface area (Å²) in [5.74, 6) is -0.356. The van der Waals surface area contributed by atoms with Crippen LogP contribution in [-0.4, -0.2) is 45.8 Å². The van der Waals surface area contributed by atoms with Gasteiger partial charge in [0, 0.05) is 36.8 Å². The van der Waals surface area contributed by atoms with Crippen LogP contribution in [0.25, 0.3) is 11.3 Å². The summed E-state index contributed by atoms with van der Waals surface area (Å²) in [7, 11) is 0. The fourth-order valence-corrected chi connectivity index (χ4v) is 3.65. The smallest absolute Gasteiger partial charge is 0.276 e. The van der Waals surface area contributed by atoms with Crippen molar-refractivity contribution in [1.29, 1.82) is 0 Å². The lowest BCUT2D eigenvalue weighted by molar-refractivity contribution is 0.0709. The predicted molar refractivity (Wildman–Crippen MR) is 123 cm³/mol. The summed E-state index contributed by atoms with van der Waals surface area (Å²) >= 11 is 0. The van der Waals surface area contributed by atoms with Gasteiger partial charge in [0.25, 0.3) is 11.8 Å². The topological polar surface area (TPSA) is 127 Å². The zero-order chi connectivity index (χ0) is 22.5. The lowest BCUT2D eigenvalue weighted by Crippen LogP contribution is -2.43. The Labute approximate surface area is 186 Å². The van der Waals surface area contributed by atoms with Crippen LogP contribution in [0.2, 0.25) is 0 Å². The summed E-state index contributed by atoms with van der Waals surface area (Å²) in [6, 6.07) is 16.9. The van der Waals surface area contributed by atoms with Gasteiger partial charge in [-0.25, -0.2) is 9.97 Å². The van der Waals surface area contributed by atoms with E-state index in [0.717, 1.165) is 18.4 Å². The maximum absolute atomic E-state index is 12.9. The molecule has 4 rings (SSSR count). The molecule has 1 fully saturated rings. The quantitative estimate of drug-likeness (QED) is 0.570. The second-order valence-corrected chi connectivity index (χ2v) is 7.87. The van der Waals surface area contributed by atoms with Gasteiger partial charge in [0.1, 0.15) is 0 Å². The summed E-state index contributed by atoms with van der Waals surface area (Å²) in [5, 5.41) is 2.91. The van der Waals surface area contributed by atoms with Gasteiger partial charge in [-0.2, -0.15) is 0 Å². The molecule has 2 aromatic carbocycles. The van der Waals surface area contributed by atoms with Crippen LogP contribution in [0.3, 0.4) is 0 Å². The fourth-order valence-electron chi connectivity index (χ4n) is 3.65. The van der Waals surface area contributed by atoms with Gasteiger partial charge in [0.2, 0.25) is 0 Å². The van der Waals surface area contributed by atoms with E-state index in [-0.39, 0.29) is 29.4 Å². The Balaban J connectivity index is 1.52. The van der Waals surface area contributed by atoms with Gasteiger partial charge in [-0.05, 0) is 30.5 Å². The third-order valence-electron chi connectivity index (χ3n) is 5.55. The monoisotopic (exact) mass is 430 g/mol. The highest BCUT2D eigenvalue weighted by molar-refractivity contribution is 5.97. The zero-order valence-electron chi connectivity index (χ0n) is 17.7. The Morgan fingerprint density at radius 3 is 2.56 bits per heavy atom. The molecule has 8 nitrogen and oxygen atoms in total. The van der Waals surface area contributed by atoms with Gasteiger partial charge < -0.3 is 21.7 Å². The summed E-state index contributed by atoms with van der Waals surface area (Å²) < 4.78 is 0. The highest BCUT2D eigenvalue weighted by Gasteiger charge is 2.25. The molecule has 3 aromatic rings. The number of carbonyl (C=O) groups excluding carboxylic acids is 2. The first kappa shape index (κ1) is 21.5. The molecule has 5 N–H and O–H groups in total. The Morgan fingerprint density at radius 2 is 1.81 bits per heavy atom. The van der Waals surface area contributed by atoms with E-state index in [1.54, 1.807) is 23.1 Å². The number of aromatic nitrogens is 2. The fraction of sp³-hybridized carbons (Fsp3) is 0.250. The molecule has 0 radical (unpaired) electrons. The molecule has 0 atom stereocenters. The van der Waals surface area contributed by atoms with E-state index in [9.17, 15) is 9.59 Å². The number of amides is 2. The lowest BCUT2D eigenvalue weighted by Gasteiger charge is -2.30. The summed E-state index contributed by atoms with van der Waals surface area (Å²) in [6.45, 7) is 1.58. The van der Waals surface area contributed by atoms with Crippen LogP contribution in [0.15, 0.2) is 60.8 Å². The predicted octanol–water partition coefficient (Wildman–Crippen LogP) is 2.22. The minimum absolute atomic E-state index is 0.0883.